The van der Waals surface area contributed by atoms with Gasteiger partial charge in [-0.2, -0.15) is 4.31 Å². The summed E-state index contributed by atoms with van der Waals surface area (Å²) in [6.45, 7) is 4.74. The largest absolute Gasteiger partial charge is 0.361 e. The molecule has 0 bridgehead atoms. The third kappa shape index (κ3) is 3.50. The van der Waals surface area contributed by atoms with E-state index in [0.717, 1.165) is 16.8 Å². The van der Waals surface area contributed by atoms with Crippen molar-refractivity contribution in [2.24, 2.45) is 0 Å². The second-order valence-electron chi connectivity index (χ2n) is 6.49. The Morgan fingerprint density at radius 3 is 2.58 bits per heavy atom. The lowest BCUT2D eigenvalue weighted by molar-refractivity contribution is 0.177. The van der Waals surface area contributed by atoms with Crippen LogP contribution in [0.1, 0.15) is 17.1 Å². The minimum Gasteiger partial charge on any atom is -0.361 e. The Hall–Kier alpha value is -2.23. The topological polar surface area (TPSA) is 92.7 Å². The summed E-state index contributed by atoms with van der Waals surface area (Å²) in [7, 11) is -3.44. The molecule has 1 aromatic carbocycles. The highest BCUT2D eigenvalue weighted by Gasteiger charge is 2.29. The zero-order chi connectivity index (χ0) is 18.1. The Morgan fingerprint density at radius 2 is 1.85 bits per heavy atom. The van der Waals surface area contributed by atoms with Crippen molar-refractivity contribution < 1.29 is 17.5 Å². The van der Waals surface area contributed by atoms with E-state index in [1.165, 1.54) is 4.31 Å². The molecule has 1 aliphatic heterocycles. The Bertz CT molecular complexity index is 1000. The van der Waals surface area contributed by atoms with Crippen LogP contribution in [-0.4, -0.2) is 54.1 Å². The highest BCUT2D eigenvalue weighted by atomic mass is 32.2. The van der Waals surface area contributed by atoms with Crippen LogP contribution >= 0.6 is 0 Å². The third-order valence-corrected chi connectivity index (χ3v) is 6.35. The molecule has 4 rings (SSSR count). The van der Waals surface area contributed by atoms with Crippen molar-refractivity contribution in [1.29, 1.82) is 0 Å². The van der Waals surface area contributed by atoms with Gasteiger partial charge in [0.15, 0.2) is 5.58 Å². The van der Waals surface area contributed by atoms with Crippen molar-refractivity contribution in [3.63, 3.8) is 0 Å². The van der Waals surface area contributed by atoms with Crippen LogP contribution in [-0.2, 0) is 22.3 Å². The fourth-order valence-electron chi connectivity index (χ4n) is 3.19. The molecular weight excluding hydrogens is 356 g/mol. The molecular formula is C17H20N4O4S. The van der Waals surface area contributed by atoms with Crippen LogP contribution in [0.2, 0.25) is 0 Å². The Labute approximate surface area is 151 Å². The highest BCUT2D eigenvalue weighted by molar-refractivity contribution is 7.88. The lowest BCUT2D eigenvalue weighted by Crippen LogP contribution is -2.48. The maximum atomic E-state index is 12.8. The van der Waals surface area contributed by atoms with Crippen LogP contribution in [0.4, 0.5) is 0 Å². The summed E-state index contributed by atoms with van der Waals surface area (Å²) in [4.78, 5) is 2.18. The van der Waals surface area contributed by atoms with E-state index in [1.807, 2.05) is 31.2 Å². The molecule has 2 aromatic heterocycles. The zero-order valence-corrected chi connectivity index (χ0v) is 15.3. The van der Waals surface area contributed by atoms with E-state index in [1.54, 1.807) is 6.07 Å². The van der Waals surface area contributed by atoms with Crippen molar-refractivity contribution in [2.45, 2.75) is 19.2 Å². The predicted molar refractivity (Wildman–Crippen MR) is 94.7 cm³/mol. The number of aryl methyl sites for hydroxylation is 1. The van der Waals surface area contributed by atoms with Crippen LogP contribution in [0.25, 0.3) is 11.0 Å². The fraction of sp³-hybridized carbons (Fsp3) is 0.412. The van der Waals surface area contributed by atoms with Crippen LogP contribution in [0.15, 0.2) is 39.4 Å². The molecule has 0 atom stereocenters. The molecule has 1 aliphatic rings. The maximum Gasteiger partial charge on any atom is 0.220 e. The number of sulfonamides is 1. The number of nitrogens with zero attached hydrogens (tertiary/aromatic N) is 4. The molecule has 0 unspecified atom stereocenters. The average Bonchev–Trinajstić information content (AvgIpc) is 3.22. The first kappa shape index (κ1) is 17.2. The van der Waals surface area contributed by atoms with E-state index >= 15 is 0 Å². The van der Waals surface area contributed by atoms with Crippen LogP contribution < -0.4 is 0 Å². The molecule has 0 saturated carbocycles. The number of benzene rings is 1. The first-order valence-electron chi connectivity index (χ1n) is 8.47. The van der Waals surface area contributed by atoms with E-state index in [4.69, 9.17) is 9.05 Å². The summed E-state index contributed by atoms with van der Waals surface area (Å²) < 4.78 is 37.3. The van der Waals surface area contributed by atoms with Gasteiger partial charge in [-0.1, -0.05) is 22.4 Å². The van der Waals surface area contributed by atoms with Gasteiger partial charge in [-0.25, -0.2) is 8.42 Å². The number of hydrogen-bond acceptors (Lipinski definition) is 7. The molecule has 3 aromatic rings. The van der Waals surface area contributed by atoms with Gasteiger partial charge in [0.25, 0.3) is 0 Å². The zero-order valence-electron chi connectivity index (χ0n) is 14.5. The number of aromatic nitrogens is 2. The van der Waals surface area contributed by atoms with Gasteiger partial charge in [0, 0.05) is 44.2 Å². The Morgan fingerprint density at radius 1 is 1.08 bits per heavy atom. The second-order valence-corrected chi connectivity index (χ2v) is 8.45. The molecule has 3 heterocycles. The molecule has 0 aliphatic carbocycles. The summed E-state index contributed by atoms with van der Waals surface area (Å²) in [5.74, 6) is 0.632. The van der Waals surface area contributed by atoms with E-state index in [9.17, 15) is 8.42 Å². The van der Waals surface area contributed by atoms with Crippen molar-refractivity contribution in [3.8, 4) is 0 Å². The molecule has 138 valence electrons. The number of piperazine rings is 1. The Balaban J connectivity index is 1.40. The smallest absolute Gasteiger partial charge is 0.220 e. The number of fused-ring (bicyclic) bond motifs is 1. The monoisotopic (exact) mass is 376 g/mol. The minimum absolute atomic E-state index is 0.146. The number of rotatable bonds is 5. The molecule has 9 heteroatoms. The van der Waals surface area contributed by atoms with Crippen molar-refractivity contribution in [1.82, 2.24) is 19.5 Å². The van der Waals surface area contributed by atoms with E-state index < -0.39 is 10.0 Å². The van der Waals surface area contributed by atoms with Gasteiger partial charge in [0.05, 0.1) is 5.69 Å². The second kappa shape index (κ2) is 6.82. The molecule has 0 radical (unpaired) electrons. The molecule has 0 N–H and O–H groups in total. The quantitative estimate of drug-likeness (QED) is 0.670. The summed E-state index contributed by atoms with van der Waals surface area (Å²) in [5.41, 5.74) is 1.93. The van der Waals surface area contributed by atoms with E-state index in [-0.39, 0.29) is 5.75 Å². The summed E-state index contributed by atoms with van der Waals surface area (Å²) >= 11 is 0. The molecule has 1 fully saturated rings. The van der Waals surface area contributed by atoms with Gasteiger partial charge in [0.2, 0.25) is 10.0 Å². The van der Waals surface area contributed by atoms with Crippen LogP contribution in [0.3, 0.4) is 0 Å². The number of para-hydroxylation sites is 1. The van der Waals surface area contributed by atoms with Gasteiger partial charge >= 0.3 is 0 Å². The standard InChI is InChI=1S/C17H20N4O4S/c1-13-10-14(18-24-13)11-20-6-8-21(9-7-20)26(22,23)12-16-15-4-2-3-5-17(15)25-19-16/h2-5,10H,6-9,11-12H2,1H3. The van der Waals surface area contributed by atoms with Gasteiger partial charge in [0.1, 0.15) is 17.2 Å². The van der Waals surface area contributed by atoms with Crippen molar-refractivity contribution in [2.75, 3.05) is 26.2 Å². The van der Waals surface area contributed by atoms with Crippen molar-refractivity contribution >= 4 is 21.0 Å². The van der Waals surface area contributed by atoms with Gasteiger partial charge in [-0.3, -0.25) is 4.90 Å². The summed E-state index contributed by atoms with van der Waals surface area (Å²) in [6.07, 6.45) is 0. The maximum absolute atomic E-state index is 12.8. The normalized spacial score (nSPS) is 17.1. The number of hydrogen-bond donors (Lipinski definition) is 0. The lowest BCUT2D eigenvalue weighted by Gasteiger charge is -2.33. The molecule has 0 spiro atoms. The predicted octanol–water partition coefficient (Wildman–Crippen LogP) is 1.77. The highest BCUT2D eigenvalue weighted by Crippen LogP contribution is 2.22. The van der Waals surface area contributed by atoms with E-state index in [0.29, 0.717) is 44.0 Å². The van der Waals surface area contributed by atoms with Gasteiger partial charge < -0.3 is 9.05 Å². The summed E-state index contributed by atoms with van der Waals surface area (Å²) in [6, 6.07) is 9.19. The van der Waals surface area contributed by atoms with Crippen LogP contribution in [0.5, 0.6) is 0 Å². The average molecular weight is 376 g/mol. The van der Waals surface area contributed by atoms with Crippen LogP contribution in [0, 0.1) is 6.92 Å². The minimum atomic E-state index is -3.44. The molecule has 8 nitrogen and oxygen atoms in total. The lowest BCUT2D eigenvalue weighted by atomic mass is 10.2. The fourth-order valence-corrected chi connectivity index (χ4v) is 4.65. The summed E-state index contributed by atoms with van der Waals surface area (Å²) in [5, 5.41) is 8.67. The van der Waals surface area contributed by atoms with E-state index in [2.05, 4.69) is 15.2 Å². The van der Waals surface area contributed by atoms with Gasteiger partial charge in [-0.15, -0.1) is 0 Å². The van der Waals surface area contributed by atoms with Crippen molar-refractivity contribution in [3.05, 3.63) is 47.5 Å². The SMILES string of the molecule is Cc1cc(CN2CCN(S(=O)(=O)Cc3noc4ccccc34)CC2)no1. The first-order valence-corrected chi connectivity index (χ1v) is 10.1. The van der Waals surface area contributed by atoms with Gasteiger partial charge in [-0.05, 0) is 19.1 Å². The third-order valence-electron chi connectivity index (χ3n) is 4.56. The molecule has 0 amide bonds. The Kier molecular flexibility index (Phi) is 4.51. The molecule has 1 saturated heterocycles. The first-order chi connectivity index (χ1) is 12.5. The molecule has 26 heavy (non-hydrogen) atoms.